The quantitative estimate of drug-likeness (QED) is 0.743. The van der Waals surface area contributed by atoms with Gasteiger partial charge in [0.25, 0.3) is 0 Å². The first kappa shape index (κ1) is 8.12. The fourth-order valence-corrected chi connectivity index (χ4v) is 1.56. The van der Waals surface area contributed by atoms with Gasteiger partial charge in [-0.05, 0) is 6.92 Å². The van der Waals surface area contributed by atoms with Crippen molar-refractivity contribution in [3.05, 3.63) is 22.7 Å². The van der Waals surface area contributed by atoms with Crippen LogP contribution in [0.4, 0.5) is 5.82 Å². The lowest BCUT2D eigenvalue weighted by Gasteiger charge is -1.98. The highest BCUT2D eigenvalue weighted by atomic mass is 32.1. The van der Waals surface area contributed by atoms with Crippen LogP contribution >= 0.6 is 11.3 Å². The number of rotatable bonds is 1. The number of thiazole rings is 1. The summed E-state index contributed by atoms with van der Waals surface area (Å²) in [5.74, 6) is 1.08. The summed E-state index contributed by atoms with van der Waals surface area (Å²) in [7, 11) is 0. The van der Waals surface area contributed by atoms with Gasteiger partial charge in [0.1, 0.15) is 11.5 Å². The first-order chi connectivity index (χ1) is 6.25. The topological polar surface area (TPSA) is 64.7 Å². The summed E-state index contributed by atoms with van der Waals surface area (Å²) < 4.78 is 0. The second-order valence-corrected chi connectivity index (χ2v) is 3.35. The van der Waals surface area contributed by atoms with Gasteiger partial charge in [-0.25, -0.2) is 15.0 Å². The SMILES string of the molecule is Cc1cc(N)nc(-c2cscn2)n1. The molecule has 0 saturated heterocycles. The molecule has 0 aliphatic carbocycles. The van der Waals surface area contributed by atoms with Crippen LogP contribution in [0.3, 0.4) is 0 Å². The van der Waals surface area contributed by atoms with E-state index in [0.717, 1.165) is 11.4 Å². The average Bonchev–Trinajstić information content (AvgIpc) is 2.53. The summed E-state index contributed by atoms with van der Waals surface area (Å²) in [6, 6.07) is 1.73. The van der Waals surface area contributed by atoms with E-state index in [1.54, 1.807) is 11.6 Å². The second kappa shape index (κ2) is 3.10. The molecule has 2 N–H and O–H groups in total. The molecule has 0 fully saturated rings. The normalized spacial score (nSPS) is 10.2. The van der Waals surface area contributed by atoms with E-state index in [1.165, 1.54) is 11.3 Å². The van der Waals surface area contributed by atoms with E-state index >= 15 is 0 Å². The Morgan fingerprint density at radius 1 is 1.38 bits per heavy atom. The average molecular weight is 192 g/mol. The van der Waals surface area contributed by atoms with Crippen LogP contribution in [-0.4, -0.2) is 15.0 Å². The molecule has 0 bridgehead atoms. The van der Waals surface area contributed by atoms with Crippen molar-refractivity contribution in [2.45, 2.75) is 6.92 Å². The standard InChI is InChI=1S/C8H8N4S/c1-5-2-7(9)12-8(11-5)6-3-13-4-10-6/h2-4H,1H3,(H2,9,11,12). The molecule has 0 aliphatic rings. The molecule has 2 aromatic rings. The molecule has 13 heavy (non-hydrogen) atoms. The number of aromatic nitrogens is 3. The monoisotopic (exact) mass is 192 g/mol. The van der Waals surface area contributed by atoms with Crippen molar-refractivity contribution in [2.24, 2.45) is 0 Å². The molecule has 2 heterocycles. The van der Waals surface area contributed by atoms with Crippen LogP contribution in [0.25, 0.3) is 11.5 Å². The van der Waals surface area contributed by atoms with E-state index in [4.69, 9.17) is 5.73 Å². The van der Waals surface area contributed by atoms with Crippen molar-refractivity contribution in [1.29, 1.82) is 0 Å². The van der Waals surface area contributed by atoms with Crippen LogP contribution in [0, 0.1) is 6.92 Å². The van der Waals surface area contributed by atoms with E-state index in [-0.39, 0.29) is 0 Å². The van der Waals surface area contributed by atoms with Gasteiger partial charge < -0.3 is 5.73 Å². The Labute approximate surface area is 79.5 Å². The lowest BCUT2D eigenvalue weighted by Crippen LogP contribution is -1.97. The van der Waals surface area contributed by atoms with Crippen molar-refractivity contribution < 1.29 is 0 Å². The lowest BCUT2D eigenvalue weighted by molar-refractivity contribution is 1.10. The molecule has 0 saturated carbocycles. The third-order valence-corrected chi connectivity index (χ3v) is 2.12. The van der Waals surface area contributed by atoms with Crippen molar-refractivity contribution in [3.8, 4) is 11.5 Å². The van der Waals surface area contributed by atoms with Crippen molar-refractivity contribution in [2.75, 3.05) is 5.73 Å². The number of anilines is 1. The fourth-order valence-electron chi connectivity index (χ4n) is 1.03. The van der Waals surface area contributed by atoms with Gasteiger partial charge in [-0.3, -0.25) is 0 Å². The van der Waals surface area contributed by atoms with Crippen LogP contribution in [0.5, 0.6) is 0 Å². The Kier molecular flexibility index (Phi) is 1.94. The first-order valence-corrected chi connectivity index (χ1v) is 4.70. The first-order valence-electron chi connectivity index (χ1n) is 3.75. The van der Waals surface area contributed by atoms with Crippen LogP contribution in [0.2, 0.25) is 0 Å². The molecule has 0 aliphatic heterocycles. The Morgan fingerprint density at radius 2 is 2.23 bits per heavy atom. The Bertz CT molecular complexity index is 390. The molecule has 66 valence electrons. The zero-order valence-corrected chi connectivity index (χ0v) is 7.88. The van der Waals surface area contributed by atoms with Crippen molar-refractivity contribution in [1.82, 2.24) is 15.0 Å². The summed E-state index contributed by atoms with van der Waals surface area (Å²) >= 11 is 1.51. The summed E-state index contributed by atoms with van der Waals surface area (Å²) in [6.45, 7) is 1.88. The Balaban J connectivity index is 2.53. The molecule has 0 atom stereocenters. The maximum absolute atomic E-state index is 5.59. The van der Waals surface area contributed by atoms with E-state index in [9.17, 15) is 0 Å². The zero-order valence-electron chi connectivity index (χ0n) is 7.06. The minimum absolute atomic E-state index is 0.482. The van der Waals surface area contributed by atoms with Gasteiger partial charge >= 0.3 is 0 Å². The van der Waals surface area contributed by atoms with E-state index < -0.39 is 0 Å². The summed E-state index contributed by atoms with van der Waals surface area (Å²) in [5.41, 5.74) is 8.97. The molecule has 0 amide bonds. The van der Waals surface area contributed by atoms with Gasteiger partial charge in [0.05, 0.1) is 5.51 Å². The minimum Gasteiger partial charge on any atom is -0.384 e. The predicted molar refractivity (Wildman–Crippen MR) is 52.3 cm³/mol. The van der Waals surface area contributed by atoms with Crippen LogP contribution < -0.4 is 5.73 Å². The van der Waals surface area contributed by atoms with Gasteiger partial charge in [0.15, 0.2) is 5.82 Å². The molecule has 0 radical (unpaired) electrons. The fraction of sp³-hybridized carbons (Fsp3) is 0.125. The molecule has 5 heteroatoms. The van der Waals surface area contributed by atoms with Gasteiger partial charge in [-0.15, -0.1) is 11.3 Å². The summed E-state index contributed by atoms with van der Waals surface area (Å²) in [5, 5.41) is 1.90. The third-order valence-electron chi connectivity index (χ3n) is 1.54. The van der Waals surface area contributed by atoms with Crippen LogP contribution in [-0.2, 0) is 0 Å². The van der Waals surface area contributed by atoms with Crippen molar-refractivity contribution >= 4 is 17.2 Å². The number of nitrogens with two attached hydrogens (primary N) is 1. The number of hydrogen-bond acceptors (Lipinski definition) is 5. The highest BCUT2D eigenvalue weighted by molar-refractivity contribution is 7.07. The summed E-state index contributed by atoms with van der Waals surface area (Å²) in [4.78, 5) is 12.4. The third kappa shape index (κ3) is 1.65. The minimum atomic E-state index is 0.482. The number of aryl methyl sites for hydroxylation is 1. The molecule has 2 aromatic heterocycles. The maximum Gasteiger partial charge on any atom is 0.181 e. The molecular formula is C8H8N4S. The zero-order chi connectivity index (χ0) is 9.26. The smallest absolute Gasteiger partial charge is 0.181 e. The largest absolute Gasteiger partial charge is 0.384 e. The molecule has 4 nitrogen and oxygen atoms in total. The lowest BCUT2D eigenvalue weighted by atomic mass is 10.4. The Morgan fingerprint density at radius 3 is 2.85 bits per heavy atom. The van der Waals surface area contributed by atoms with Gasteiger partial charge in [-0.2, -0.15) is 0 Å². The van der Waals surface area contributed by atoms with Gasteiger partial charge in [0.2, 0.25) is 0 Å². The highest BCUT2D eigenvalue weighted by Gasteiger charge is 2.04. The Hall–Kier alpha value is -1.49. The van der Waals surface area contributed by atoms with E-state index in [1.807, 2.05) is 12.3 Å². The molecule has 0 unspecified atom stereocenters. The summed E-state index contributed by atoms with van der Waals surface area (Å²) in [6.07, 6.45) is 0. The van der Waals surface area contributed by atoms with E-state index in [0.29, 0.717) is 11.6 Å². The predicted octanol–water partition coefficient (Wildman–Crippen LogP) is 1.49. The molecule has 0 aromatic carbocycles. The highest BCUT2D eigenvalue weighted by Crippen LogP contribution is 2.15. The van der Waals surface area contributed by atoms with Crippen molar-refractivity contribution in [3.63, 3.8) is 0 Å². The second-order valence-electron chi connectivity index (χ2n) is 2.63. The van der Waals surface area contributed by atoms with Gasteiger partial charge in [0, 0.05) is 17.1 Å². The molecule has 2 rings (SSSR count). The molecule has 0 spiro atoms. The number of nitrogens with zero attached hydrogens (tertiary/aromatic N) is 3. The number of nitrogen functional groups attached to an aromatic ring is 1. The maximum atomic E-state index is 5.59. The van der Waals surface area contributed by atoms with Crippen LogP contribution in [0.15, 0.2) is 17.0 Å². The molecular weight excluding hydrogens is 184 g/mol. The van der Waals surface area contributed by atoms with Crippen LogP contribution in [0.1, 0.15) is 5.69 Å². The van der Waals surface area contributed by atoms with E-state index in [2.05, 4.69) is 15.0 Å². The number of hydrogen-bond donors (Lipinski definition) is 1. The van der Waals surface area contributed by atoms with Gasteiger partial charge in [-0.1, -0.05) is 0 Å².